The lowest BCUT2D eigenvalue weighted by atomic mass is 10.2. The van der Waals surface area contributed by atoms with E-state index in [1.807, 2.05) is 24.3 Å². The van der Waals surface area contributed by atoms with E-state index in [4.69, 9.17) is 17.4 Å². The Labute approximate surface area is 107 Å². The molecule has 0 aliphatic rings. The fourth-order valence-electron chi connectivity index (χ4n) is 1.34. The molecule has 0 heterocycles. The van der Waals surface area contributed by atoms with Crippen LogP contribution in [0.15, 0.2) is 29.3 Å². The molecule has 0 fully saturated rings. The van der Waals surface area contributed by atoms with E-state index >= 15 is 0 Å². The second-order valence-electron chi connectivity index (χ2n) is 3.72. The molecule has 0 aromatic heterocycles. The predicted octanol–water partition coefficient (Wildman–Crippen LogP) is 2.05. The molecule has 0 saturated carbocycles. The van der Waals surface area contributed by atoms with Gasteiger partial charge in [-0.25, -0.2) is 10.8 Å². The summed E-state index contributed by atoms with van der Waals surface area (Å²) in [5, 5.41) is 3.86. The highest BCUT2D eigenvalue weighted by atomic mass is 35.5. The lowest BCUT2D eigenvalue weighted by Crippen LogP contribution is -2.41. The first-order valence-corrected chi connectivity index (χ1v) is 6.13. The van der Waals surface area contributed by atoms with E-state index in [2.05, 4.69) is 22.7 Å². The third-order valence-electron chi connectivity index (χ3n) is 2.27. The highest BCUT2D eigenvalue weighted by Crippen LogP contribution is 2.11. The molecule has 0 aliphatic carbocycles. The first-order valence-electron chi connectivity index (χ1n) is 5.75. The summed E-state index contributed by atoms with van der Waals surface area (Å²) < 4.78 is 0. The SMILES string of the molecule is CCCCNC(=NCc1cccc(Cl)c1)NN. The molecule has 0 bridgehead atoms. The molecule has 0 spiro atoms. The van der Waals surface area contributed by atoms with E-state index in [-0.39, 0.29) is 0 Å². The van der Waals surface area contributed by atoms with Crippen LogP contribution in [0.1, 0.15) is 25.3 Å². The van der Waals surface area contributed by atoms with Gasteiger partial charge in [-0.2, -0.15) is 0 Å². The monoisotopic (exact) mass is 254 g/mol. The van der Waals surface area contributed by atoms with Crippen LogP contribution in [0.25, 0.3) is 0 Å². The van der Waals surface area contributed by atoms with Gasteiger partial charge in [0, 0.05) is 11.6 Å². The Kier molecular flexibility index (Phi) is 6.43. The Morgan fingerprint density at radius 1 is 1.47 bits per heavy atom. The Morgan fingerprint density at radius 3 is 2.94 bits per heavy atom. The van der Waals surface area contributed by atoms with Gasteiger partial charge in [-0.1, -0.05) is 37.1 Å². The Morgan fingerprint density at radius 2 is 2.29 bits per heavy atom. The molecule has 1 aromatic rings. The van der Waals surface area contributed by atoms with Crippen molar-refractivity contribution in [3.05, 3.63) is 34.9 Å². The number of benzene rings is 1. The lowest BCUT2D eigenvalue weighted by molar-refractivity contribution is 0.732. The van der Waals surface area contributed by atoms with Crippen molar-refractivity contribution in [2.24, 2.45) is 10.8 Å². The molecule has 4 N–H and O–H groups in total. The number of halogens is 1. The fourth-order valence-corrected chi connectivity index (χ4v) is 1.55. The van der Waals surface area contributed by atoms with Gasteiger partial charge >= 0.3 is 0 Å². The van der Waals surface area contributed by atoms with Crippen molar-refractivity contribution in [3.8, 4) is 0 Å². The van der Waals surface area contributed by atoms with Gasteiger partial charge in [-0.05, 0) is 24.1 Å². The van der Waals surface area contributed by atoms with Gasteiger partial charge in [0.15, 0.2) is 0 Å². The number of hydrazine groups is 1. The molecule has 94 valence electrons. The van der Waals surface area contributed by atoms with Gasteiger partial charge in [0.05, 0.1) is 6.54 Å². The van der Waals surface area contributed by atoms with Gasteiger partial charge < -0.3 is 5.32 Å². The van der Waals surface area contributed by atoms with Crippen LogP contribution in [0.2, 0.25) is 5.02 Å². The second-order valence-corrected chi connectivity index (χ2v) is 4.16. The van der Waals surface area contributed by atoms with Crippen molar-refractivity contribution >= 4 is 17.6 Å². The molecule has 0 amide bonds. The minimum absolute atomic E-state index is 0.555. The topological polar surface area (TPSA) is 62.4 Å². The summed E-state index contributed by atoms with van der Waals surface area (Å²) in [5.74, 6) is 5.99. The maximum atomic E-state index is 5.89. The van der Waals surface area contributed by atoms with E-state index in [9.17, 15) is 0 Å². The number of unbranched alkanes of at least 4 members (excludes halogenated alkanes) is 1. The second kappa shape index (κ2) is 7.92. The van der Waals surface area contributed by atoms with Crippen LogP contribution >= 0.6 is 11.6 Å². The van der Waals surface area contributed by atoms with Crippen LogP contribution < -0.4 is 16.6 Å². The van der Waals surface area contributed by atoms with Crippen molar-refractivity contribution in [2.75, 3.05) is 6.54 Å². The standard InChI is InChI=1S/C12H19ClN4/c1-2-3-7-15-12(17-14)16-9-10-5-4-6-11(13)8-10/h4-6,8H,2-3,7,9,14H2,1H3,(H2,15,16,17). The average molecular weight is 255 g/mol. The summed E-state index contributed by atoms with van der Waals surface area (Å²) >= 11 is 5.89. The average Bonchev–Trinajstić information content (AvgIpc) is 2.34. The van der Waals surface area contributed by atoms with E-state index in [1.54, 1.807) is 0 Å². The number of rotatable bonds is 5. The molecule has 17 heavy (non-hydrogen) atoms. The molecule has 0 saturated heterocycles. The van der Waals surface area contributed by atoms with Crippen LogP contribution in [0, 0.1) is 0 Å². The number of hydrogen-bond donors (Lipinski definition) is 3. The van der Waals surface area contributed by atoms with Crippen LogP contribution in [0.5, 0.6) is 0 Å². The molecule has 4 nitrogen and oxygen atoms in total. The number of aliphatic imine (C=N–C) groups is 1. The summed E-state index contributed by atoms with van der Waals surface area (Å²) in [6, 6.07) is 7.63. The fraction of sp³-hybridized carbons (Fsp3) is 0.417. The molecule has 0 atom stereocenters. The molecule has 1 rings (SSSR count). The van der Waals surface area contributed by atoms with E-state index < -0.39 is 0 Å². The van der Waals surface area contributed by atoms with Crippen molar-refractivity contribution in [2.45, 2.75) is 26.3 Å². The maximum Gasteiger partial charge on any atom is 0.206 e. The number of hydrogen-bond acceptors (Lipinski definition) is 2. The predicted molar refractivity (Wildman–Crippen MR) is 72.8 cm³/mol. The summed E-state index contributed by atoms with van der Waals surface area (Å²) in [6.07, 6.45) is 2.23. The van der Waals surface area contributed by atoms with Gasteiger partial charge in [0.1, 0.15) is 0 Å². The highest BCUT2D eigenvalue weighted by Gasteiger charge is 1.96. The highest BCUT2D eigenvalue weighted by molar-refractivity contribution is 6.30. The molecule has 0 aliphatic heterocycles. The largest absolute Gasteiger partial charge is 0.355 e. The minimum atomic E-state index is 0.555. The van der Waals surface area contributed by atoms with E-state index in [1.165, 1.54) is 0 Å². The smallest absolute Gasteiger partial charge is 0.206 e. The number of guanidine groups is 1. The third kappa shape index (κ3) is 5.56. The third-order valence-corrected chi connectivity index (χ3v) is 2.50. The molecule has 1 aromatic carbocycles. The summed E-state index contributed by atoms with van der Waals surface area (Å²) in [4.78, 5) is 4.34. The van der Waals surface area contributed by atoms with Crippen molar-refractivity contribution < 1.29 is 0 Å². The van der Waals surface area contributed by atoms with Crippen molar-refractivity contribution in [1.29, 1.82) is 0 Å². The summed E-state index contributed by atoms with van der Waals surface area (Å²) in [7, 11) is 0. The van der Waals surface area contributed by atoms with Crippen LogP contribution in [-0.2, 0) is 6.54 Å². The molecule has 0 radical (unpaired) electrons. The van der Waals surface area contributed by atoms with E-state index in [0.717, 1.165) is 30.0 Å². The van der Waals surface area contributed by atoms with Gasteiger partial charge in [0.25, 0.3) is 0 Å². The maximum absolute atomic E-state index is 5.89. The van der Waals surface area contributed by atoms with Crippen LogP contribution in [-0.4, -0.2) is 12.5 Å². The Balaban J connectivity index is 2.49. The first-order chi connectivity index (χ1) is 8.26. The van der Waals surface area contributed by atoms with Crippen LogP contribution in [0.4, 0.5) is 0 Å². The van der Waals surface area contributed by atoms with Gasteiger partial charge in [-0.15, -0.1) is 0 Å². The van der Waals surface area contributed by atoms with Crippen LogP contribution in [0.3, 0.4) is 0 Å². The molecule has 5 heteroatoms. The number of nitrogens with two attached hydrogens (primary N) is 1. The molecular formula is C12H19ClN4. The zero-order valence-corrected chi connectivity index (χ0v) is 10.8. The zero-order valence-electron chi connectivity index (χ0n) is 10.0. The van der Waals surface area contributed by atoms with Gasteiger partial charge in [-0.3, -0.25) is 5.43 Å². The molecular weight excluding hydrogens is 236 g/mol. The minimum Gasteiger partial charge on any atom is -0.355 e. The number of nitrogens with zero attached hydrogens (tertiary/aromatic N) is 1. The summed E-state index contributed by atoms with van der Waals surface area (Å²) in [6.45, 7) is 3.56. The van der Waals surface area contributed by atoms with Crippen molar-refractivity contribution in [3.63, 3.8) is 0 Å². The van der Waals surface area contributed by atoms with E-state index in [0.29, 0.717) is 12.5 Å². The zero-order chi connectivity index (χ0) is 12.5. The molecule has 0 unspecified atom stereocenters. The Bertz CT molecular complexity index is 365. The summed E-state index contributed by atoms with van der Waals surface area (Å²) in [5.41, 5.74) is 3.61. The quantitative estimate of drug-likeness (QED) is 0.248. The first kappa shape index (κ1) is 13.8. The van der Waals surface area contributed by atoms with Gasteiger partial charge in [0.2, 0.25) is 5.96 Å². The lowest BCUT2D eigenvalue weighted by Gasteiger charge is -2.08. The normalized spacial score (nSPS) is 11.4. The van der Waals surface area contributed by atoms with Crippen molar-refractivity contribution in [1.82, 2.24) is 10.7 Å². The Hall–Kier alpha value is -1.26. The number of nitrogens with one attached hydrogen (secondary N) is 2.